The van der Waals surface area contributed by atoms with Crippen molar-refractivity contribution in [2.45, 2.75) is 31.0 Å². The van der Waals surface area contributed by atoms with Gasteiger partial charge in [0.25, 0.3) is 0 Å². The average Bonchev–Trinajstić information content (AvgIpc) is 3.36. The lowest BCUT2D eigenvalue weighted by Crippen LogP contribution is -2.38. The van der Waals surface area contributed by atoms with Crippen LogP contribution in [-0.2, 0) is 9.53 Å². The molecule has 0 N–H and O–H groups in total. The summed E-state index contributed by atoms with van der Waals surface area (Å²) < 4.78 is 12.7. The first kappa shape index (κ1) is 18.7. The van der Waals surface area contributed by atoms with Gasteiger partial charge in [-0.05, 0) is 44.0 Å². The standard InChI is InChI=1S/C18H24N4O3S/c1-3-21(11-16-5-4-10-25-16)17(23)12-26-18-20-19-13-22(18)14-6-8-15(24-2)9-7-14/h6-9,13,16H,3-5,10-12H2,1-2H3. The van der Waals surface area contributed by atoms with E-state index in [2.05, 4.69) is 10.2 Å². The summed E-state index contributed by atoms with van der Waals surface area (Å²) in [7, 11) is 1.64. The van der Waals surface area contributed by atoms with Crippen LogP contribution in [0.2, 0.25) is 0 Å². The van der Waals surface area contributed by atoms with Crippen LogP contribution in [-0.4, -0.2) is 64.2 Å². The summed E-state index contributed by atoms with van der Waals surface area (Å²) in [5.41, 5.74) is 0.928. The highest BCUT2D eigenvalue weighted by Crippen LogP contribution is 2.22. The van der Waals surface area contributed by atoms with Crippen LogP contribution in [0.15, 0.2) is 35.7 Å². The van der Waals surface area contributed by atoms with Crippen molar-refractivity contribution >= 4 is 17.7 Å². The van der Waals surface area contributed by atoms with Crippen LogP contribution in [0.3, 0.4) is 0 Å². The van der Waals surface area contributed by atoms with Gasteiger partial charge >= 0.3 is 0 Å². The zero-order valence-electron chi connectivity index (χ0n) is 15.1. The predicted octanol–water partition coefficient (Wildman–Crippen LogP) is 2.40. The molecule has 7 nitrogen and oxygen atoms in total. The Hall–Kier alpha value is -2.06. The van der Waals surface area contributed by atoms with Gasteiger partial charge in [0.05, 0.1) is 19.0 Å². The van der Waals surface area contributed by atoms with E-state index < -0.39 is 0 Å². The molecule has 2 heterocycles. The second-order valence-electron chi connectivity index (χ2n) is 6.04. The van der Waals surface area contributed by atoms with Gasteiger partial charge in [-0.2, -0.15) is 0 Å². The van der Waals surface area contributed by atoms with Crippen LogP contribution in [0.5, 0.6) is 5.75 Å². The Kier molecular flexibility index (Phi) is 6.51. The molecule has 0 spiro atoms. The second-order valence-corrected chi connectivity index (χ2v) is 6.98. The number of methoxy groups -OCH3 is 1. The Morgan fingerprint density at radius 1 is 1.42 bits per heavy atom. The van der Waals surface area contributed by atoms with E-state index in [1.807, 2.05) is 40.7 Å². The third-order valence-corrected chi connectivity index (χ3v) is 5.30. The number of rotatable bonds is 8. The van der Waals surface area contributed by atoms with Crippen molar-refractivity contribution in [3.63, 3.8) is 0 Å². The minimum absolute atomic E-state index is 0.0947. The number of aromatic nitrogens is 3. The number of likely N-dealkylation sites (N-methyl/N-ethyl adjacent to an activating group) is 1. The highest BCUT2D eigenvalue weighted by molar-refractivity contribution is 7.99. The molecule has 1 unspecified atom stereocenters. The Morgan fingerprint density at radius 3 is 2.88 bits per heavy atom. The lowest BCUT2D eigenvalue weighted by Gasteiger charge is -2.23. The summed E-state index contributed by atoms with van der Waals surface area (Å²) in [4.78, 5) is 14.4. The lowest BCUT2D eigenvalue weighted by atomic mass is 10.2. The van der Waals surface area contributed by atoms with Crippen molar-refractivity contribution in [1.82, 2.24) is 19.7 Å². The number of benzene rings is 1. The highest BCUT2D eigenvalue weighted by Gasteiger charge is 2.22. The largest absolute Gasteiger partial charge is 0.497 e. The van der Waals surface area contributed by atoms with Crippen LogP contribution in [0, 0.1) is 0 Å². The summed E-state index contributed by atoms with van der Waals surface area (Å²) in [6, 6.07) is 7.64. The van der Waals surface area contributed by atoms with Crippen LogP contribution in [0.25, 0.3) is 5.69 Å². The summed E-state index contributed by atoms with van der Waals surface area (Å²) >= 11 is 1.39. The minimum Gasteiger partial charge on any atom is -0.497 e. The number of amides is 1. The molecule has 0 bridgehead atoms. The zero-order valence-corrected chi connectivity index (χ0v) is 15.9. The number of hydrogen-bond donors (Lipinski definition) is 0. The topological polar surface area (TPSA) is 69.5 Å². The number of thioether (sulfide) groups is 1. The van der Waals surface area contributed by atoms with Crippen molar-refractivity contribution < 1.29 is 14.3 Å². The highest BCUT2D eigenvalue weighted by atomic mass is 32.2. The molecule has 1 aromatic heterocycles. The smallest absolute Gasteiger partial charge is 0.233 e. The molecule has 1 fully saturated rings. The van der Waals surface area contributed by atoms with Gasteiger partial charge in [-0.3, -0.25) is 9.36 Å². The molecule has 2 aromatic rings. The quantitative estimate of drug-likeness (QED) is 0.659. The second kappa shape index (κ2) is 9.05. The van der Waals surface area contributed by atoms with Crippen LogP contribution in [0.1, 0.15) is 19.8 Å². The van der Waals surface area contributed by atoms with E-state index in [9.17, 15) is 4.79 Å². The predicted molar refractivity (Wildman–Crippen MR) is 99.9 cm³/mol. The fraction of sp³-hybridized carbons (Fsp3) is 0.500. The maximum Gasteiger partial charge on any atom is 0.233 e. The molecule has 1 saturated heterocycles. The van der Waals surface area contributed by atoms with E-state index >= 15 is 0 Å². The van der Waals surface area contributed by atoms with Crippen LogP contribution < -0.4 is 4.74 Å². The van der Waals surface area contributed by atoms with Crippen molar-refractivity contribution in [3.05, 3.63) is 30.6 Å². The normalized spacial score (nSPS) is 16.6. The Morgan fingerprint density at radius 2 is 2.23 bits per heavy atom. The molecule has 3 rings (SSSR count). The van der Waals surface area contributed by atoms with Crippen molar-refractivity contribution in [2.75, 3.05) is 32.6 Å². The molecule has 1 atom stereocenters. The van der Waals surface area contributed by atoms with Crippen molar-refractivity contribution in [3.8, 4) is 11.4 Å². The number of nitrogens with zero attached hydrogens (tertiary/aromatic N) is 4. The monoisotopic (exact) mass is 376 g/mol. The van der Waals surface area contributed by atoms with Crippen LogP contribution in [0.4, 0.5) is 0 Å². The van der Waals surface area contributed by atoms with Gasteiger partial charge in [0, 0.05) is 25.4 Å². The molecule has 1 amide bonds. The molecule has 1 aromatic carbocycles. The summed E-state index contributed by atoms with van der Waals surface area (Å²) in [6.07, 6.45) is 3.93. The first-order chi connectivity index (χ1) is 12.7. The molecule has 0 aliphatic carbocycles. The molecule has 1 aliphatic heterocycles. The molecular formula is C18H24N4O3S. The molecule has 1 aliphatic rings. The SMILES string of the molecule is CCN(CC1CCCO1)C(=O)CSc1nncn1-c1ccc(OC)cc1. The van der Waals surface area contributed by atoms with Crippen LogP contribution >= 0.6 is 11.8 Å². The van der Waals surface area contributed by atoms with E-state index in [1.165, 1.54) is 11.8 Å². The van der Waals surface area contributed by atoms with E-state index in [0.29, 0.717) is 24.0 Å². The molecule has 140 valence electrons. The van der Waals surface area contributed by atoms with Crippen molar-refractivity contribution in [1.29, 1.82) is 0 Å². The van der Waals surface area contributed by atoms with E-state index in [0.717, 1.165) is 30.9 Å². The lowest BCUT2D eigenvalue weighted by molar-refractivity contribution is -0.129. The average molecular weight is 376 g/mol. The fourth-order valence-electron chi connectivity index (χ4n) is 2.90. The molecule has 0 radical (unpaired) electrons. The molecular weight excluding hydrogens is 352 g/mol. The van der Waals surface area contributed by atoms with Gasteiger partial charge in [-0.1, -0.05) is 11.8 Å². The fourth-order valence-corrected chi connectivity index (χ4v) is 3.73. The van der Waals surface area contributed by atoms with Gasteiger partial charge in [0.1, 0.15) is 12.1 Å². The minimum atomic E-state index is 0.0947. The van der Waals surface area contributed by atoms with Gasteiger partial charge < -0.3 is 14.4 Å². The van der Waals surface area contributed by atoms with Crippen molar-refractivity contribution in [2.24, 2.45) is 0 Å². The first-order valence-electron chi connectivity index (χ1n) is 8.78. The van der Waals surface area contributed by atoms with Gasteiger partial charge in [0.15, 0.2) is 5.16 Å². The summed E-state index contributed by atoms with van der Waals surface area (Å²) in [5.74, 6) is 1.21. The van der Waals surface area contributed by atoms with E-state index in [1.54, 1.807) is 13.4 Å². The maximum atomic E-state index is 12.6. The summed E-state index contributed by atoms with van der Waals surface area (Å²) in [6.45, 7) is 4.15. The Balaban J connectivity index is 1.60. The molecule has 26 heavy (non-hydrogen) atoms. The third-order valence-electron chi connectivity index (χ3n) is 4.37. The van der Waals surface area contributed by atoms with E-state index in [4.69, 9.17) is 9.47 Å². The maximum absolute atomic E-state index is 12.6. The van der Waals surface area contributed by atoms with E-state index in [-0.39, 0.29) is 12.0 Å². The molecule has 8 heteroatoms. The van der Waals surface area contributed by atoms with Gasteiger partial charge in [0.2, 0.25) is 5.91 Å². The summed E-state index contributed by atoms with van der Waals surface area (Å²) in [5, 5.41) is 8.82. The zero-order chi connectivity index (χ0) is 18.4. The third kappa shape index (κ3) is 4.56. The van der Waals surface area contributed by atoms with Gasteiger partial charge in [-0.15, -0.1) is 10.2 Å². The number of hydrogen-bond acceptors (Lipinski definition) is 6. The molecule has 0 saturated carbocycles. The Labute approximate surface area is 157 Å². The first-order valence-corrected chi connectivity index (χ1v) is 9.76. The number of carbonyl (C=O) groups is 1. The Bertz CT molecular complexity index is 713. The van der Waals surface area contributed by atoms with Gasteiger partial charge in [-0.25, -0.2) is 0 Å². The number of ether oxygens (including phenoxy) is 2. The number of carbonyl (C=O) groups excluding carboxylic acids is 1.